The largest absolute Gasteiger partial charge is 0.357 e. The first-order valence-electron chi connectivity index (χ1n) is 8.97. The van der Waals surface area contributed by atoms with E-state index in [1.54, 1.807) is 25.3 Å². The number of pyridine rings is 1. The van der Waals surface area contributed by atoms with Gasteiger partial charge in [0.2, 0.25) is 5.91 Å². The smallest absolute Gasteiger partial charge is 0.227 e. The molecule has 0 aliphatic rings. The van der Waals surface area contributed by atoms with E-state index < -0.39 is 0 Å². The van der Waals surface area contributed by atoms with Crippen LogP contribution in [0.5, 0.6) is 0 Å². The Hall–Kier alpha value is -2.96. The number of anilines is 1. The topological polar surface area (TPSA) is 78.4 Å². The van der Waals surface area contributed by atoms with Crippen molar-refractivity contribution in [1.82, 2.24) is 15.6 Å². The van der Waals surface area contributed by atoms with E-state index in [1.165, 1.54) is 6.07 Å². The number of aliphatic imine (C=N–C) groups is 1. The van der Waals surface area contributed by atoms with Crippen molar-refractivity contribution in [1.29, 1.82) is 0 Å². The molecule has 144 valence electrons. The molecule has 27 heavy (non-hydrogen) atoms. The molecule has 0 unspecified atom stereocenters. The van der Waals surface area contributed by atoms with Gasteiger partial charge in [-0.1, -0.05) is 18.2 Å². The Balaban J connectivity index is 1.83. The molecular weight excluding hydrogens is 345 g/mol. The summed E-state index contributed by atoms with van der Waals surface area (Å²) >= 11 is 0. The molecule has 0 saturated carbocycles. The van der Waals surface area contributed by atoms with Crippen molar-refractivity contribution in [2.24, 2.45) is 4.99 Å². The standard InChI is InChI=1S/C20H26FN5O/c1-4-22-20(25-13-16-7-6-15(3)17(21)11-16)23-10-9-19(27)26-18-8-5-14(2)12-24-18/h5-8,11-12H,4,9-10,13H2,1-3H3,(H2,22,23,25)(H,24,26,27). The first-order chi connectivity index (χ1) is 13.0. The molecular formula is C20H26FN5O. The number of carbonyl (C=O) groups is 1. The van der Waals surface area contributed by atoms with Gasteiger partial charge in [0.25, 0.3) is 0 Å². The van der Waals surface area contributed by atoms with E-state index in [-0.39, 0.29) is 18.1 Å². The third-order valence-electron chi connectivity index (χ3n) is 3.82. The quantitative estimate of drug-likeness (QED) is 0.517. The number of nitrogens with one attached hydrogen (secondary N) is 3. The number of amides is 1. The number of carbonyl (C=O) groups excluding carboxylic acids is 1. The van der Waals surface area contributed by atoms with Crippen LogP contribution in [0, 0.1) is 19.7 Å². The van der Waals surface area contributed by atoms with Gasteiger partial charge in [-0.3, -0.25) is 4.79 Å². The minimum absolute atomic E-state index is 0.129. The van der Waals surface area contributed by atoms with Crippen LogP contribution in [0.25, 0.3) is 0 Å². The molecule has 3 N–H and O–H groups in total. The molecule has 1 aromatic heterocycles. The summed E-state index contributed by atoms with van der Waals surface area (Å²) in [6.45, 7) is 7.09. The highest BCUT2D eigenvalue weighted by molar-refractivity contribution is 5.90. The highest BCUT2D eigenvalue weighted by Gasteiger charge is 2.05. The second-order valence-electron chi connectivity index (χ2n) is 6.22. The van der Waals surface area contributed by atoms with Crippen molar-refractivity contribution in [3.8, 4) is 0 Å². The molecule has 2 aromatic rings. The summed E-state index contributed by atoms with van der Waals surface area (Å²) in [6.07, 6.45) is 1.98. The lowest BCUT2D eigenvalue weighted by Gasteiger charge is -2.11. The van der Waals surface area contributed by atoms with E-state index in [0.717, 1.165) is 11.1 Å². The molecule has 0 aliphatic heterocycles. The fourth-order valence-electron chi connectivity index (χ4n) is 2.29. The SMILES string of the molecule is CCNC(=NCc1ccc(C)c(F)c1)NCCC(=O)Nc1ccc(C)cn1. The lowest BCUT2D eigenvalue weighted by Crippen LogP contribution is -2.38. The van der Waals surface area contributed by atoms with Gasteiger partial charge in [0.05, 0.1) is 6.54 Å². The molecule has 1 amide bonds. The van der Waals surface area contributed by atoms with Crippen LogP contribution in [0.15, 0.2) is 41.5 Å². The molecule has 0 fully saturated rings. The number of guanidine groups is 1. The maximum Gasteiger partial charge on any atom is 0.227 e. The van der Waals surface area contributed by atoms with E-state index in [2.05, 4.69) is 25.9 Å². The van der Waals surface area contributed by atoms with Gasteiger partial charge in [-0.2, -0.15) is 0 Å². The second-order valence-corrected chi connectivity index (χ2v) is 6.22. The summed E-state index contributed by atoms with van der Waals surface area (Å²) in [5.74, 6) is 0.754. The van der Waals surface area contributed by atoms with Crippen LogP contribution in [0.3, 0.4) is 0 Å². The van der Waals surface area contributed by atoms with Gasteiger partial charge in [-0.25, -0.2) is 14.4 Å². The molecule has 0 atom stereocenters. The van der Waals surface area contributed by atoms with Crippen molar-refractivity contribution in [3.05, 3.63) is 59.0 Å². The van der Waals surface area contributed by atoms with Gasteiger partial charge in [-0.05, 0) is 49.6 Å². The Kier molecular flexibility index (Phi) is 7.73. The molecule has 1 heterocycles. The van der Waals surface area contributed by atoms with Gasteiger partial charge >= 0.3 is 0 Å². The van der Waals surface area contributed by atoms with Crippen LogP contribution < -0.4 is 16.0 Å². The van der Waals surface area contributed by atoms with Crippen LogP contribution in [0.1, 0.15) is 30.0 Å². The fourth-order valence-corrected chi connectivity index (χ4v) is 2.29. The third kappa shape index (κ3) is 7.05. The highest BCUT2D eigenvalue weighted by Crippen LogP contribution is 2.10. The van der Waals surface area contributed by atoms with Crippen molar-refractivity contribution in [2.75, 3.05) is 18.4 Å². The molecule has 1 aromatic carbocycles. The number of aryl methyl sites for hydroxylation is 2. The molecule has 0 radical (unpaired) electrons. The zero-order valence-electron chi connectivity index (χ0n) is 16.0. The van der Waals surface area contributed by atoms with Gasteiger partial charge in [0.1, 0.15) is 11.6 Å². The van der Waals surface area contributed by atoms with Gasteiger partial charge in [0, 0.05) is 25.7 Å². The average molecular weight is 371 g/mol. The maximum absolute atomic E-state index is 13.6. The zero-order chi connectivity index (χ0) is 19.6. The Morgan fingerprint density at radius 1 is 1.19 bits per heavy atom. The molecule has 2 rings (SSSR count). The molecule has 0 aliphatic carbocycles. The minimum Gasteiger partial charge on any atom is -0.357 e. The lowest BCUT2D eigenvalue weighted by molar-refractivity contribution is -0.116. The van der Waals surface area contributed by atoms with Crippen LogP contribution in [0.2, 0.25) is 0 Å². The number of hydrogen-bond acceptors (Lipinski definition) is 3. The number of halogens is 1. The second kappa shape index (κ2) is 10.3. The summed E-state index contributed by atoms with van der Waals surface area (Å²) in [4.78, 5) is 20.6. The summed E-state index contributed by atoms with van der Waals surface area (Å²) in [6, 6.07) is 8.75. The number of benzene rings is 1. The third-order valence-corrected chi connectivity index (χ3v) is 3.82. The van der Waals surface area contributed by atoms with E-state index in [0.29, 0.717) is 37.0 Å². The van der Waals surface area contributed by atoms with Crippen LogP contribution in [-0.2, 0) is 11.3 Å². The molecule has 7 heteroatoms. The Bertz CT molecular complexity index is 789. The Morgan fingerprint density at radius 3 is 2.67 bits per heavy atom. The Morgan fingerprint density at radius 2 is 2.00 bits per heavy atom. The van der Waals surface area contributed by atoms with Crippen molar-refractivity contribution < 1.29 is 9.18 Å². The average Bonchev–Trinajstić information content (AvgIpc) is 2.64. The predicted octanol–water partition coefficient (Wildman–Crippen LogP) is 2.92. The fraction of sp³-hybridized carbons (Fsp3) is 0.350. The first kappa shape index (κ1) is 20.4. The molecule has 6 nitrogen and oxygen atoms in total. The number of aromatic nitrogens is 1. The number of hydrogen-bond donors (Lipinski definition) is 3. The van der Waals surface area contributed by atoms with E-state index in [4.69, 9.17) is 0 Å². The van der Waals surface area contributed by atoms with Gasteiger partial charge in [0.15, 0.2) is 5.96 Å². The summed E-state index contributed by atoms with van der Waals surface area (Å²) in [7, 11) is 0. The van der Waals surface area contributed by atoms with Crippen molar-refractivity contribution >= 4 is 17.7 Å². The van der Waals surface area contributed by atoms with Crippen molar-refractivity contribution in [2.45, 2.75) is 33.7 Å². The molecule has 0 bridgehead atoms. The summed E-state index contributed by atoms with van der Waals surface area (Å²) in [5.41, 5.74) is 2.44. The lowest BCUT2D eigenvalue weighted by atomic mass is 10.1. The minimum atomic E-state index is -0.234. The number of rotatable bonds is 7. The van der Waals surface area contributed by atoms with Crippen LogP contribution in [0.4, 0.5) is 10.2 Å². The Labute approximate surface area is 159 Å². The van der Waals surface area contributed by atoms with Gasteiger partial charge in [-0.15, -0.1) is 0 Å². The first-order valence-corrected chi connectivity index (χ1v) is 8.97. The summed E-state index contributed by atoms with van der Waals surface area (Å²) < 4.78 is 13.6. The van der Waals surface area contributed by atoms with Crippen LogP contribution in [-0.4, -0.2) is 29.9 Å². The molecule has 0 spiro atoms. The molecule has 0 saturated heterocycles. The highest BCUT2D eigenvalue weighted by atomic mass is 19.1. The van der Waals surface area contributed by atoms with Crippen LogP contribution >= 0.6 is 0 Å². The van der Waals surface area contributed by atoms with E-state index >= 15 is 0 Å². The summed E-state index contributed by atoms with van der Waals surface area (Å²) in [5, 5.41) is 8.97. The normalized spacial score (nSPS) is 11.2. The maximum atomic E-state index is 13.6. The monoisotopic (exact) mass is 371 g/mol. The van der Waals surface area contributed by atoms with E-state index in [1.807, 2.05) is 26.0 Å². The van der Waals surface area contributed by atoms with Gasteiger partial charge < -0.3 is 16.0 Å². The van der Waals surface area contributed by atoms with E-state index in [9.17, 15) is 9.18 Å². The zero-order valence-corrected chi connectivity index (χ0v) is 16.0. The predicted molar refractivity (Wildman–Crippen MR) is 106 cm³/mol. The van der Waals surface area contributed by atoms with Crippen molar-refractivity contribution in [3.63, 3.8) is 0 Å². The number of nitrogens with zero attached hydrogens (tertiary/aromatic N) is 2.